The first-order valence-corrected chi connectivity index (χ1v) is 8.05. The monoisotopic (exact) mass is 328 g/mol. The molecule has 1 saturated carbocycles. The molecule has 1 aromatic heterocycles. The molecule has 0 aliphatic heterocycles. The summed E-state index contributed by atoms with van der Waals surface area (Å²) in [5.74, 6) is -1.49. The molecule has 0 bridgehead atoms. The van der Waals surface area contributed by atoms with Gasteiger partial charge in [-0.25, -0.2) is 9.48 Å². The van der Waals surface area contributed by atoms with Gasteiger partial charge in [-0.05, 0) is 31.9 Å². The molecule has 0 unspecified atom stereocenters. The highest BCUT2D eigenvalue weighted by molar-refractivity contribution is 5.96. The number of benzene rings is 1. The van der Waals surface area contributed by atoms with Crippen LogP contribution < -0.4 is 5.32 Å². The van der Waals surface area contributed by atoms with Crippen molar-refractivity contribution in [3.05, 3.63) is 41.7 Å². The number of aryl methyl sites for hydroxylation is 1. The van der Waals surface area contributed by atoms with Gasteiger partial charge in [-0.3, -0.25) is 4.79 Å². The summed E-state index contributed by atoms with van der Waals surface area (Å²) < 4.78 is 1.50. The molecule has 7 nitrogen and oxygen atoms in total. The lowest BCUT2D eigenvalue weighted by Gasteiger charge is -2.33. The van der Waals surface area contributed by atoms with Gasteiger partial charge >= 0.3 is 5.97 Å². The molecule has 0 spiro atoms. The second-order valence-corrected chi connectivity index (χ2v) is 6.29. The van der Waals surface area contributed by atoms with Crippen molar-refractivity contribution in [2.45, 2.75) is 44.6 Å². The van der Waals surface area contributed by atoms with E-state index in [1.165, 1.54) is 10.9 Å². The van der Waals surface area contributed by atoms with Gasteiger partial charge in [0.2, 0.25) is 0 Å². The van der Waals surface area contributed by atoms with Gasteiger partial charge in [-0.15, -0.1) is 5.10 Å². The number of aliphatic carboxylic acids is 1. The maximum Gasteiger partial charge on any atom is 0.329 e. The number of carbonyl (C=O) groups is 2. The molecule has 0 saturated heterocycles. The van der Waals surface area contributed by atoms with Crippen LogP contribution in [0.15, 0.2) is 30.5 Å². The summed E-state index contributed by atoms with van der Waals surface area (Å²) >= 11 is 0. The van der Waals surface area contributed by atoms with Gasteiger partial charge in [0.1, 0.15) is 5.54 Å². The van der Waals surface area contributed by atoms with Crippen LogP contribution in [0.3, 0.4) is 0 Å². The third-order valence-corrected chi connectivity index (χ3v) is 4.49. The summed E-state index contributed by atoms with van der Waals surface area (Å²) in [5.41, 5.74) is 0.834. The second kappa shape index (κ2) is 6.43. The van der Waals surface area contributed by atoms with E-state index in [-0.39, 0.29) is 5.69 Å². The van der Waals surface area contributed by atoms with Gasteiger partial charge in [0.15, 0.2) is 5.69 Å². The zero-order valence-electron chi connectivity index (χ0n) is 13.5. The van der Waals surface area contributed by atoms with Gasteiger partial charge in [-0.1, -0.05) is 42.2 Å². The Morgan fingerprint density at radius 2 is 1.83 bits per heavy atom. The smallest absolute Gasteiger partial charge is 0.329 e. The quantitative estimate of drug-likeness (QED) is 0.896. The fourth-order valence-corrected chi connectivity index (χ4v) is 3.02. The zero-order valence-corrected chi connectivity index (χ0v) is 13.5. The Bertz CT molecular complexity index is 745. The van der Waals surface area contributed by atoms with Crippen molar-refractivity contribution >= 4 is 11.9 Å². The van der Waals surface area contributed by atoms with Gasteiger partial charge in [-0.2, -0.15) is 0 Å². The molecule has 24 heavy (non-hydrogen) atoms. The number of amides is 1. The number of nitrogens with zero attached hydrogens (tertiary/aromatic N) is 3. The minimum atomic E-state index is -1.19. The SMILES string of the molecule is Cc1ccc(-n2cc(C(=O)NC3(C(=O)O)CCCCC3)nn2)cc1. The fraction of sp³-hybridized carbons (Fsp3) is 0.412. The second-order valence-electron chi connectivity index (χ2n) is 6.29. The summed E-state index contributed by atoms with van der Waals surface area (Å²) in [6.45, 7) is 1.99. The molecule has 1 aliphatic rings. The number of rotatable bonds is 4. The Labute approximate surface area is 139 Å². The number of hydrogen-bond donors (Lipinski definition) is 2. The third-order valence-electron chi connectivity index (χ3n) is 4.49. The van der Waals surface area contributed by atoms with E-state index in [9.17, 15) is 14.7 Å². The van der Waals surface area contributed by atoms with Crippen LogP contribution in [-0.2, 0) is 4.79 Å². The maximum absolute atomic E-state index is 12.4. The molecule has 2 aromatic rings. The van der Waals surface area contributed by atoms with Gasteiger partial charge in [0, 0.05) is 0 Å². The third kappa shape index (κ3) is 3.15. The number of carboxylic acids is 1. The van der Waals surface area contributed by atoms with Crippen molar-refractivity contribution in [2.24, 2.45) is 0 Å². The summed E-state index contributed by atoms with van der Waals surface area (Å²) in [4.78, 5) is 24.1. The first-order valence-electron chi connectivity index (χ1n) is 8.05. The lowest BCUT2D eigenvalue weighted by molar-refractivity contribution is -0.145. The predicted molar refractivity (Wildman–Crippen MR) is 87.0 cm³/mol. The van der Waals surface area contributed by atoms with E-state index in [0.29, 0.717) is 12.8 Å². The average molecular weight is 328 g/mol. The normalized spacial score (nSPS) is 16.5. The Morgan fingerprint density at radius 1 is 1.17 bits per heavy atom. The van der Waals surface area contributed by atoms with Crippen molar-refractivity contribution in [1.29, 1.82) is 0 Å². The number of aromatic nitrogens is 3. The lowest BCUT2D eigenvalue weighted by Crippen LogP contribution is -2.55. The van der Waals surface area contributed by atoms with Crippen LogP contribution in [0, 0.1) is 6.92 Å². The summed E-state index contributed by atoms with van der Waals surface area (Å²) in [7, 11) is 0. The van der Waals surface area contributed by atoms with Crippen molar-refractivity contribution in [2.75, 3.05) is 0 Å². The van der Waals surface area contributed by atoms with Crippen molar-refractivity contribution in [3.8, 4) is 5.69 Å². The Morgan fingerprint density at radius 3 is 2.46 bits per heavy atom. The molecule has 1 fully saturated rings. The molecule has 2 N–H and O–H groups in total. The number of hydrogen-bond acceptors (Lipinski definition) is 4. The van der Waals surface area contributed by atoms with E-state index in [0.717, 1.165) is 30.5 Å². The number of carboxylic acid groups (broad SMARTS) is 1. The number of nitrogens with one attached hydrogen (secondary N) is 1. The number of carbonyl (C=O) groups excluding carboxylic acids is 1. The van der Waals surface area contributed by atoms with Crippen LogP contribution >= 0.6 is 0 Å². The van der Waals surface area contributed by atoms with Crippen molar-refractivity contribution in [3.63, 3.8) is 0 Å². The summed E-state index contributed by atoms with van der Waals surface area (Å²) in [6.07, 6.45) is 4.98. The van der Waals surface area contributed by atoms with Gasteiger partial charge in [0.05, 0.1) is 11.9 Å². The van der Waals surface area contributed by atoms with Crippen LogP contribution in [0.1, 0.15) is 48.2 Å². The molecule has 0 atom stereocenters. The Hall–Kier alpha value is -2.70. The van der Waals surface area contributed by atoms with Crippen LogP contribution in [0.2, 0.25) is 0 Å². The van der Waals surface area contributed by atoms with E-state index >= 15 is 0 Å². The largest absolute Gasteiger partial charge is 0.480 e. The minimum absolute atomic E-state index is 0.113. The average Bonchev–Trinajstić information content (AvgIpc) is 3.06. The van der Waals surface area contributed by atoms with E-state index < -0.39 is 17.4 Å². The Kier molecular flexibility index (Phi) is 4.33. The first kappa shape index (κ1) is 16.2. The lowest BCUT2D eigenvalue weighted by atomic mass is 9.81. The highest BCUT2D eigenvalue weighted by atomic mass is 16.4. The summed E-state index contributed by atoms with van der Waals surface area (Å²) in [6, 6.07) is 7.65. The molecule has 1 aliphatic carbocycles. The van der Waals surface area contributed by atoms with E-state index in [4.69, 9.17) is 0 Å². The van der Waals surface area contributed by atoms with Crippen molar-refractivity contribution in [1.82, 2.24) is 20.3 Å². The van der Waals surface area contributed by atoms with Crippen LogP contribution in [-0.4, -0.2) is 37.5 Å². The molecule has 1 aromatic carbocycles. The van der Waals surface area contributed by atoms with Gasteiger partial charge in [0.25, 0.3) is 5.91 Å². The zero-order chi connectivity index (χ0) is 17.2. The molecule has 0 radical (unpaired) electrons. The van der Waals surface area contributed by atoms with Crippen LogP contribution in [0.4, 0.5) is 0 Å². The van der Waals surface area contributed by atoms with Gasteiger partial charge < -0.3 is 10.4 Å². The fourth-order valence-electron chi connectivity index (χ4n) is 3.02. The van der Waals surface area contributed by atoms with Crippen LogP contribution in [0.5, 0.6) is 0 Å². The molecular weight excluding hydrogens is 308 g/mol. The molecule has 126 valence electrons. The summed E-state index contributed by atoms with van der Waals surface area (Å²) in [5, 5.41) is 20.0. The molecule has 1 heterocycles. The Balaban J connectivity index is 1.78. The first-order chi connectivity index (χ1) is 11.5. The van der Waals surface area contributed by atoms with E-state index in [1.54, 1.807) is 0 Å². The van der Waals surface area contributed by atoms with Crippen LogP contribution in [0.25, 0.3) is 5.69 Å². The predicted octanol–water partition coefficient (Wildman–Crippen LogP) is 2.09. The molecule has 7 heteroatoms. The minimum Gasteiger partial charge on any atom is -0.480 e. The van der Waals surface area contributed by atoms with E-state index in [2.05, 4.69) is 15.6 Å². The maximum atomic E-state index is 12.4. The highest BCUT2D eigenvalue weighted by Gasteiger charge is 2.41. The molecule has 1 amide bonds. The standard InChI is InChI=1S/C17H20N4O3/c1-12-5-7-13(8-6-12)21-11-14(19-20-21)15(22)18-17(16(23)24)9-3-2-4-10-17/h5-8,11H,2-4,9-10H2,1H3,(H,18,22)(H,23,24). The van der Waals surface area contributed by atoms with E-state index in [1.807, 2.05) is 31.2 Å². The highest BCUT2D eigenvalue weighted by Crippen LogP contribution is 2.28. The molecular formula is C17H20N4O3. The topological polar surface area (TPSA) is 97.1 Å². The molecule has 3 rings (SSSR count). The van der Waals surface area contributed by atoms with Crippen molar-refractivity contribution < 1.29 is 14.7 Å².